The van der Waals surface area contributed by atoms with Crippen LogP contribution in [0.25, 0.3) is 0 Å². The summed E-state index contributed by atoms with van der Waals surface area (Å²) in [5.41, 5.74) is 0. The van der Waals surface area contributed by atoms with Crippen molar-refractivity contribution in [2.45, 2.75) is 32.2 Å². The highest BCUT2D eigenvalue weighted by atomic mass is 16.4. The van der Waals surface area contributed by atoms with Crippen molar-refractivity contribution in [2.75, 3.05) is 43.4 Å². The van der Waals surface area contributed by atoms with E-state index in [2.05, 4.69) is 52.6 Å². The van der Waals surface area contributed by atoms with Gasteiger partial charge in [0.25, 0.3) is 0 Å². The molecule has 1 amide bonds. The Morgan fingerprint density at radius 2 is 1.93 bits per heavy atom. The number of aryl methyl sites for hydroxylation is 1. The maximum Gasteiger partial charge on any atom is 0.322 e. The molecule has 11 nitrogen and oxygen atoms in total. The topological polar surface area (TPSA) is 125 Å². The number of rotatable bonds is 6. The Hall–Kier alpha value is -2.82. The molecule has 0 unspecified atom stereocenters. The Balaban J connectivity index is 1.48. The summed E-state index contributed by atoms with van der Waals surface area (Å²) in [4.78, 5) is 29.7. The summed E-state index contributed by atoms with van der Waals surface area (Å²) in [6.45, 7) is 5.61. The van der Waals surface area contributed by atoms with E-state index in [-0.39, 0.29) is 23.9 Å². The third-order valence-electron chi connectivity index (χ3n) is 4.52. The minimum absolute atomic E-state index is 0.0755. The van der Waals surface area contributed by atoms with Crippen LogP contribution >= 0.6 is 0 Å². The zero-order valence-electron chi connectivity index (χ0n) is 15.5. The maximum atomic E-state index is 12.0. The molecule has 2 N–H and O–H groups in total. The first-order valence-corrected chi connectivity index (χ1v) is 9.20. The Labute approximate surface area is 156 Å². The molecule has 1 aliphatic heterocycles. The molecule has 27 heavy (non-hydrogen) atoms. The average Bonchev–Trinajstić information content (AvgIpc) is 3.36. The van der Waals surface area contributed by atoms with Crippen LogP contribution in [0, 0.1) is 0 Å². The van der Waals surface area contributed by atoms with E-state index in [0.717, 1.165) is 39.0 Å². The van der Waals surface area contributed by atoms with Gasteiger partial charge >= 0.3 is 17.8 Å². The van der Waals surface area contributed by atoms with Gasteiger partial charge in [-0.3, -0.25) is 10.1 Å². The van der Waals surface area contributed by atoms with Crippen LogP contribution in [-0.4, -0.2) is 75.2 Å². The zero-order valence-corrected chi connectivity index (χ0v) is 15.5. The molecule has 2 fully saturated rings. The van der Waals surface area contributed by atoms with Crippen LogP contribution in [0.2, 0.25) is 0 Å². The van der Waals surface area contributed by atoms with E-state index in [1.165, 1.54) is 0 Å². The maximum absolute atomic E-state index is 12.0. The fourth-order valence-electron chi connectivity index (χ4n) is 2.71. The Bertz CT molecular complexity index is 812. The number of likely N-dealkylation sites (N-methyl/N-ethyl adjacent to an activating group) is 1. The van der Waals surface area contributed by atoms with E-state index >= 15 is 0 Å². The highest BCUT2D eigenvalue weighted by Crippen LogP contribution is 2.20. The first-order chi connectivity index (χ1) is 13.1. The lowest BCUT2D eigenvalue weighted by molar-refractivity contribution is 0.0917. The van der Waals surface area contributed by atoms with Crippen molar-refractivity contribution < 1.29 is 9.21 Å². The molecular weight excluding hydrogens is 350 g/mol. The van der Waals surface area contributed by atoms with Crippen LogP contribution < -0.4 is 15.5 Å². The predicted octanol–water partition coefficient (Wildman–Crippen LogP) is 0.205. The van der Waals surface area contributed by atoms with Crippen molar-refractivity contribution in [3.8, 4) is 0 Å². The van der Waals surface area contributed by atoms with Gasteiger partial charge in [0.15, 0.2) is 0 Å². The monoisotopic (exact) mass is 373 g/mol. The van der Waals surface area contributed by atoms with E-state index in [1.807, 2.05) is 6.92 Å². The van der Waals surface area contributed by atoms with Crippen molar-refractivity contribution in [1.29, 1.82) is 0 Å². The number of anilines is 3. The molecule has 0 aromatic carbocycles. The summed E-state index contributed by atoms with van der Waals surface area (Å²) < 4.78 is 5.38. The lowest BCUT2D eigenvalue weighted by atomic mass is 10.3. The van der Waals surface area contributed by atoms with Gasteiger partial charge in [0, 0.05) is 38.6 Å². The van der Waals surface area contributed by atoms with Gasteiger partial charge in [-0.05, 0) is 19.9 Å². The molecule has 0 bridgehead atoms. The second-order valence-corrected chi connectivity index (χ2v) is 6.80. The number of aromatic nitrogens is 5. The van der Waals surface area contributed by atoms with Crippen molar-refractivity contribution in [3.05, 3.63) is 11.7 Å². The normalized spacial score (nSPS) is 17.8. The summed E-state index contributed by atoms with van der Waals surface area (Å²) >= 11 is 0. The predicted molar refractivity (Wildman–Crippen MR) is 97.0 cm³/mol. The van der Waals surface area contributed by atoms with Crippen LogP contribution in [0.5, 0.6) is 0 Å². The van der Waals surface area contributed by atoms with Crippen molar-refractivity contribution in [1.82, 2.24) is 35.4 Å². The van der Waals surface area contributed by atoms with Crippen molar-refractivity contribution in [2.24, 2.45) is 0 Å². The Kier molecular flexibility index (Phi) is 4.84. The number of nitrogens with one attached hydrogen (secondary N) is 2. The molecule has 0 radical (unpaired) electrons. The third kappa shape index (κ3) is 4.30. The number of hydrogen-bond acceptors (Lipinski definition) is 10. The minimum atomic E-state index is -0.360. The fourth-order valence-corrected chi connectivity index (χ4v) is 2.71. The summed E-state index contributed by atoms with van der Waals surface area (Å²) in [5.74, 6) is 1.19. The zero-order chi connectivity index (χ0) is 18.8. The van der Waals surface area contributed by atoms with E-state index in [4.69, 9.17) is 4.42 Å². The van der Waals surface area contributed by atoms with Gasteiger partial charge < -0.3 is 19.5 Å². The molecule has 144 valence electrons. The molecule has 2 aliphatic rings. The molecule has 0 spiro atoms. The molecule has 3 heterocycles. The van der Waals surface area contributed by atoms with Crippen LogP contribution in [0.4, 0.5) is 17.9 Å². The summed E-state index contributed by atoms with van der Waals surface area (Å²) in [5, 5.41) is 13.3. The fraction of sp³-hybridized carbons (Fsp3) is 0.625. The van der Waals surface area contributed by atoms with Crippen molar-refractivity contribution in [3.63, 3.8) is 0 Å². The first kappa shape index (κ1) is 17.6. The second-order valence-electron chi connectivity index (χ2n) is 6.80. The second kappa shape index (κ2) is 7.43. The highest BCUT2D eigenvalue weighted by Gasteiger charge is 2.26. The quantitative estimate of drug-likeness (QED) is 0.725. The van der Waals surface area contributed by atoms with Gasteiger partial charge in [-0.15, -0.1) is 5.10 Å². The number of amides is 1. The standard InChI is InChI=1S/C16H23N9O2/c1-3-11-18-14(20-15(19-11)25-8-6-24(2)7-9-25)21-16-23-22-13(27-16)12(26)17-10-4-5-10/h10H,3-9H2,1-2H3,(H,17,26)(H,18,19,20,21,23). The van der Waals surface area contributed by atoms with E-state index in [0.29, 0.717) is 24.1 Å². The molecular formula is C16H23N9O2. The molecule has 11 heteroatoms. The lowest BCUT2D eigenvalue weighted by Gasteiger charge is -2.32. The first-order valence-electron chi connectivity index (χ1n) is 9.20. The summed E-state index contributed by atoms with van der Waals surface area (Å²) in [7, 11) is 2.10. The molecule has 2 aromatic heterocycles. The van der Waals surface area contributed by atoms with E-state index < -0.39 is 0 Å². The van der Waals surface area contributed by atoms with Crippen LogP contribution in [0.1, 0.15) is 36.3 Å². The van der Waals surface area contributed by atoms with Gasteiger partial charge in [0.2, 0.25) is 11.9 Å². The third-order valence-corrected chi connectivity index (χ3v) is 4.52. The number of hydrogen-bond donors (Lipinski definition) is 2. The van der Waals surface area contributed by atoms with Gasteiger partial charge in [-0.25, -0.2) is 0 Å². The van der Waals surface area contributed by atoms with Gasteiger partial charge in [0.1, 0.15) is 5.82 Å². The van der Waals surface area contributed by atoms with Crippen molar-refractivity contribution >= 4 is 23.8 Å². The SMILES string of the molecule is CCc1nc(Nc2nnc(C(=O)NC3CC3)o2)nc(N2CCN(C)CC2)n1. The van der Waals surface area contributed by atoms with Crippen LogP contribution in [0.15, 0.2) is 4.42 Å². The van der Waals surface area contributed by atoms with Crippen LogP contribution in [0.3, 0.4) is 0 Å². The highest BCUT2D eigenvalue weighted by molar-refractivity contribution is 5.90. The molecule has 0 atom stereocenters. The van der Waals surface area contributed by atoms with Gasteiger partial charge in [-0.2, -0.15) is 15.0 Å². The minimum Gasteiger partial charge on any atom is -0.399 e. The Morgan fingerprint density at radius 3 is 2.63 bits per heavy atom. The van der Waals surface area contributed by atoms with Crippen LogP contribution in [-0.2, 0) is 6.42 Å². The molecule has 4 rings (SSSR count). The smallest absolute Gasteiger partial charge is 0.322 e. The molecule has 1 saturated carbocycles. The van der Waals surface area contributed by atoms with Gasteiger partial charge in [0.05, 0.1) is 0 Å². The molecule has 2 aromatic rings. The average molecular weight is 373 g/mol. The number of carbonyl (C=O) groups is 1. The van der Waals surface area contributed by atoms with E-state index in [9.17, 15) is 4.79 Å². The number of piperazine rings is 1. The van der Waals surface area contributed by atoms with Gasteiger partial charge in [-0.1, -0.05) is 12.0 Å². The molecule has 1 saturated heterocycles. The Morgan fingerprint density at radius 1 is 1.15 bits per heavy atom. The molecule has 1 aliphatic carbocycles. The lowest BCUT2D eigenvalue weighted by Crippen LogP contribution is -2.45. The van der Waals surface area contributed by atoms with E-state index in [1.54, 1.807) is 0 Å². The summed E-state index contributed by atoms with van der Waals surface area (Å²) in [6.07, 6.45) is 2.66. The number of nitrogens with zero attached hydrogens (tertiary/aromatic N) is 7. The largest absolute Gasteiger partial charge is 0.399 e. The summed E-state index contributed by atoms with van der Waals surface area (Å²) in [6, 6.07) is 0.302. The number of carbonyl (C=O) groups excluding carboxylic acids is 1.